The zero-order valence-electron chi connectivity index (χ0n) is 61.6. The molecule has 1 aromatic carbocycles. The molecule has 4 heterocycles. The number of nitrogens with one attached hydrogen (secondary N) is 1. The molecule has 5 rings (SSSR count). The monoisotopic (exact) mass is 1360 g/mol. The van der Waals surface area contributed by atoms with Crippen LogP contribution in [0.5, 0.6) is 0 Å². The van der Waals surface area contributed by atoms with Crippen molar-refractivity contribution < 1.29 is 91.5 Å². The van der Waals surface area contributed by atoms with E-state index in [4.69, 9.17) is 52.4 Å². The number of esters is 1. The first-order valence-corrected chi connectivity index (χ1v) is 33.9. The van der Waals surface area contributed by atoms with Crippen molar-refractivity contribution in [3.8, 4) is 11.4 Å². The molecule has 3 aromatic rings. The fourth-order valence-electron chi connectivity index (χ4n) is 12.7. The molecule has 4 N–H and O–H groups in total. The van der Waals surface area contributed by atoms with Crippen LogP contribution in [0.2, 0.25) is 0 Å². The summed E-state index contributed by atoms with van der Waals surface area (Å²) in [5, 5.41) is 31.6. The third-order valence-electron chi connectivity index (χ3n) is 19.0. The molecule has 0 aliphatic carbocycles. The van der Waals surface area contributed by atoms with Gasteiger partial charge in [0.05, 0.1) is 120 Å². The number of aromatic nitrogens is 2. The number of hydrogen-bond acceptors (Lipinski definition) is 18. The summed E-state index contributed by atoms with van der Waals surface area (Å²) in [7, 11) is 0. The molecule has 23 nitrogen and oxygen atoms in total. The van der Waals surface area contributed by atoms with Gasteiger partial charge in [0.1, 0.15) is 38.4 Å². The number of cyclic esters (lactones) is 1. The standard InChI is InChI=1S/C74H113N3O20/c1-22-50-51-32-47(5)24-25-56(51)76-63-52(50)37-77-57(63)33-55-53(64(77)86)40-89-65(87)74(55,46(3)4)54(23-2)58(78)36-75-59(79)41-93-66(6,7)28-31-92-72(18,19)48(34-69(12,13)90-29-26-67(8,9)94-42-60(80)81)38-88-39-49(73(20,21)97-45-71(16,17)96-44-62(84)85)35-70(14,15)91-30-27-68(10,11)95-43-61(82)83/h24-25,32-33,48-49,54H,3,22-23,26-31,34-45H2,1-2,4-21H3,(H,75,79)(H,80,81)(H,82,83)(H,84,85). The number of nitrogens with zero attached hydrogens (tertiary/aromatic N) is 2. The zero-order valence-corrected chi connectivity index (χ0v) is 61.6. The van der Waals surface area contributed by atoms with E-state index in [0.29, 0.717) is 67.6 Å². The molecule has 4 unspecified atom stereocenters. The number of pyridine rings is 2. The van der Waals surface area contributed by atoms with Gasteiger partial charge < -0.3 is 72.6 Å². The molecular formula is C74H113N3O20. The number of rotatable bonds is 44. The minimum absolute atomic E-state index is 0.0580. The van der Waals surface area contributed by atoms with Gasteiger partial charge in [0, 0.05) is 28.7 Å². The molecule has 2 aliphatic heterocycles. The third-order valence-corrected chi connectivity index (χ3v) is 19.0. The fourth-order valence-corrected chi connectivity index (χ4v) is 12.7. The van der Waals surface area contributed by atoms with Gasteiger partial charge in [-0.3, -0.25) is 19.2 Å². The molecule has 0 radical (unpaired) electrons. The molecule has 1 amide bonds. The quantitative estimate of drug-likeness (QED) is 0.0236. The van der Waals surface area contributed by atoms with Gasteiger partial charge in [-0.25, -0.2) is 19.4 Å². The maximum Gasteiger partial charge on any atom is 0.329 e. The number of amides is 1. The van der Waals surface area contributed by atoms with Crippen LogP contribution in [0.1, 0.15) is 198 Å². The lowest BCUT2D eigenvalue weighted by Crippen LogP contribution is -2.54. The minimum atomic E-state index is -1.75. The molecule has 97 heavy (non-hydrogen) atoms. The molecule has 0 fully saturated rings. The number of fused-ring (bicyclic) bond motifs is 5. The summed E-state index contributed by atoms with van der Waals surface area (Å²) < 4.78 is 63.8. The summed E-state index contributed by atoms with van der Waals surface area (Å²) in [6.45, 7) is 40.8. The molecule has 0 spiro atoms. The van der Waals surface area contributed by atoms with Crippen LogP contribution in [0.25, 0.3) is 22.3 Å². The van der Waals surface area contributed by atoms with Gasteiger partial charge in [-0.05, 0) is 199 Å². The molecule has 2 aromatic heterocycles. The van der Waals surface area contributed by atoms with Gasteiger partial charge in [-0.15, -0.1) is 0 Å². The highest BCUT2D eigenvalue weighted by Crippen LogP contribution is 2.48. The number of aryl methyl sites for hydroxylation is 2. The molecule has 2 aliphatic rings. The number of carboxylic acids is 3. The van der Waals surface area contributed by atoms with Crippen molar-refractivity contribution in [3.05, 3.63) is 74.6 Å². The summed E-state index contributed by atoms with van der Waals surface area (Å²) >= 11 is 0. The van der Waals surface area contributed by atoms with E-state index in [1.165, 1.54) is 0 Å². The summed E-state index contributed by atoms with van der Waals surface area (Å²) in [5.74, 6) is -6.71. The van der Waals surface area contributed by atoms with Crippen molar-refractivity contribution in [1.29, 1.82) is 0 Å². The largest absolute Gasteiger partial charge is 0.480 e. The lowest BCUT2D eigenvalue weighted by Gasteiger charge is -2.42. The molecule has 0 bridgehead atoms. The van der Waals surface area contributed by atoms with E-state index < -0.39 is 125 Å². The van der Waals surface area contributed by atoms with E-state index in [9.17, 15) is 48.9 Å². The Morgan fingerprint density at radius 2 is 1.13 bits per heavy atom. The van der Waals surface area contributed by atoms with Crippen LogP contribution in [0.4, 0.5) is 0 Å². The predicted molar refractivity (Wildman–Crippen MR) is 367 cm³/mol. The molecular weight excluding hydrogens is 1250 g/mol. The van der Waals surface area contributed by atoms with Crippen LogP contribution < -0.4 is 10.9 Å². The Labute approximate surface area is 573 Å². The second-order valence-electron chi connectivity index (χ2n) is 31.0. The average molecular weight is 1360 g/mol. The number of carbonyl (C=O) groups excluding carboxylic acids is 3. The van der Waals surface area contributed by atoms with E-state index in [-0.39, 0.29) is 75.6 Å². The summed E-state index contributed by atoms with van der Waals surface area (Å²) in [6, 6.07) is 7.90. The van der Waals surface area contributed by atoms with Crippen LogP contribution in [-0.2, 0) is 101 Å². The Hall–Kier alpha value is -6.02. The van der Waals surface area contributed by atoms with E-state index in [2.05, 4.69) is 24.9 Å². The number of aliphatic carboxylic acids is 3. The topological polar surface area (TPSA) is 302 Å². The van der Waals surface area contributed by atoms with Crippen molar-refractivity contribution in [1.82, 2.24) is 14.9 Å². The number of ether oxygens (including phenoxy) is 10. The average Bonchev–Trinajstić information content (AvgIpc) is 1.32. The van der Waals surface area contributed by atoms with Crippen molar-refractivity contribution in [2.45, 2.75) is 247 Å². The number of carbonyl (C=O) groups is 6. The molecule has 0 saturated carbocycles. The van der Waals surface area contributed by atoms with E-state index in [1.807, 2.05) is 108 Å². The SMILES string of the molecule is C=C(C)C1(C(CC)C(=O)CNC(=O)COC(C)(C)CCOC(C)(C)C(COCC(CC(C)(C)OCCC(C)(C)OCC(=O)O)C(C)(C)OCC(C)(C)OCC(=O)O)CC(C)(C)OCCC(C)(C)OCC(=O)O)C(=O)OCc2c1cc1n(c2=O)Cc2c-1nc1ccc(C)cc1c2CC. The van der Waals surface area contributed by atoms with Gasteiger partial charge >= 0.3 is 23.9 Å². The maximum atomic E-state index is 14.6. The Morgan fingerprint density at radius 1 is 0.649 bits per heavy atom. The zero-order chi connectivity index (χ0) is 73.1. The molecule has 23 heteroatoms. The first-order chi connectivity index (χ1) is 44.7. The lowest BCUT2D eigenvalue weighted by atomic mass is 9.62. The second kappa shape index (κ2) is 33.0. The van der Waals surface area contributed by atoms with Crippen molar-refractivity contribution >= 4 is 46.5 Å². The van der Waals surface area contributed by atoms with E-state index >= 15 is 0 Å². The van der Waals surface area contributed by atoms with Crippen LogP contribution in [0.3, 0.4) is 0 Å². The molecule has 4 atom stereocenters. The highest BCUT2D eigenvalue weighted by molar-refractivity contribution is 5.99. The fraction of sp³-hybridized carbons (Fsp3) is 0.703. The molecule has 0 saturated heterocycles. The normalized spacial score (nSPS) is 16.5. The second-order valence-corrected chi connectivity index (χ2v) is 31.0. The van der Waals surface area contributed by atoms with Crippen molar-refractivity contribution in [2.24, 2.45) is 17.8 Å². The van der Waals surface area contributed by atoms with E-state index in [0.717, 1.165) is 27.6 Å². The summed E-state index contributed by atoms with van der Waals surface area (Å²) in [5.41, 5.74) is -2.75. The Bertz CT molecular complexity index is 3360. The first kappa shape index (κ1) is 81.7. The number of carboxylic acid groups (broad SMARTS) is 3. The lowest BCUT2D eigenvalue weighted by molar-refractivity contribution is -0.173. The van der Waals surface area contributed by atoms with Crippen LogP contribution in [-0.4, -0.2) is 178 Å². The van der Waals surface area contributed by atoms with Gasteiger partial charge in [-0.1, -0.05) is 37.6 Å². The Kier molecular flexibility index (Phi) is 27.8. The van der Waals surface area contributed by atoms with E-state index in [1.54, 1.807) is 46.1 Å². The van der Waals surface area contributed by atoms with Gasteiger partial charge in [0.25, 0.3) is 5.56 Å². The number of ketones is 1. The van der Waals surface area contributed by atoms with Crippen molar-refractivity contribution in [2.75, 3.05) is 72.6 Å². The summed E-state index contributed by atoms with van der Waals surface area (Å²) in [6.07, 6.45) is 2.89. The first-order valence-electron chi connectivity index (χ1n) is 33.9. The Morgan fingerprint density at radius 3 is 1.62 bits per heavy atom. The van der Waals surface area contributed by atoms with Crippen LogP contribution >= 0.6 is 0 Å². The van der Waals surface area contributed by atoms with Crippen LogP contribution in [0, 0.1) is 24.7 Å². The van der Waals surface area contributed by atoms with Crippen molar-refractivity contribution in [3.63, 3.8) is 0 Å². The highest BCUT2D eigenvalue weighted by atomic mass is 16.6. The van der Waals surface area contributed by atoms with Crippen LogP contribution in [0.15, 0.2) is 41.2 Å². The number of hydrogen-bond donors (Lipinski definition) is 4. The summed E-state index contributed by atoms with van der Waals surface area (Å²) in [4.78, 5) is 96.5. The highest BCUT2D eigenvalue weighted by Gasteiger charge is 2.56. The number of benzene rings is 1. The van der Waals surface area contributed by atoms with Gasteiger partial charge in [0.15, 0.2) is 5.78 Å². The van der Waals surface area contributed by atoms with Gasteiger partial charge in [0.2, 0.25) is 5.91 Å². The maximum absolute atomic E-state index is 14.6. The molecule has 544 valence electrons. The number of Topliss-reactive ketones (excluding diaryl/α,β-unsaturated/α-hetero) is 1. The predicted octanol–water partition coefficient (Wildman–Crippen LogP) is 10.7. The smallest absolute Gasteiger partial charge is 0.329 e. The minimum Gasteiger partial charge on any atom is -0.480 e. The third kappa shape index (κ3) is 22.5. The Balaban J connectivity index is 1.31. The van der Waals surface area contributed by atoms with Gasteiger partial charge in [-0.2, -0.15) is 0 Å².